The van der Waals surface area contributed by atoms with E-state index in [4.69, 9.17) is 5.11 Å². The molecule has 1 heterocycles. The summed E-state index contributed by atoms with van der Waals surface area (Å²) in [5.41, 5.74) is 2.81. The fourth-order valence-electron chi connectivity index (χ4n) is 3.28. The molecule has 0 amide bonds. The minimum Gasteiger partial charge on any atom is -0.478 e. The normalized spacial score (nSPS) is 11.0. The Balaban J connectivity index is 2.04. The summed E-state index contributed by atoms with van der Waals surface area (Å²) in [6.45, 7) is 0. The van der Waals surface area contributed by atoms with Gasteiger partial charge in [-0.3, -0.25) is 0 Å². The van der Waals surface area contributed by atoms with Crippen molar-refractivity contribution in [1.82, 2.24) is 4.98 Å². The average molecular weight is 375 g/mol. The Kier molecular flexibility index (Phi) is 3.85. The third kappa shape index (κ3) is 2.75. The molecule has 0 fully saturated rings. The third-order valence-electron chi connectivity index (χ3n) is 4.64. The van der Waals surface area contributed by atoms with Gasteiger partial charge in [-0.2, -0.15) is 0 Å². The van der Waals surface area contributed by atoms with Crippen LogP contribution in [0, 0.1) is 0 Å². The zero-order valence-electron chi connectivity index (χ0n) is 14.3. The second kappa shape index (κ2) is 6.24. The minimum atomic E-state index is -1.12. The molecule has 1 aromatic heterocycles. The van der Waals surface area contributed by atoms with E-state index < -0.39 is 17.9 Å². The number of H-pyrrole nitrogens is 1. The molecule has 7 heteroatoms. The van der Waals surface area contributed by atoms with Gasteiger partial charge >= 0.3 is 17.9 Å². The Hall–Kier alpha value is -4.13. The fraction of sp³-hybridized carbons (Fsp3) is 0. The van der Waals surface area contributed by atoms with Crippen molar-refractivity contribution in [2.24, 2.45) is 0 Å². The van der Waals surface area contributed by atoms with Crippen molar-refractivity contribution in [2.45, 2.75) is 0 Å². The number of benzene rings is 3. The lowest BCUT2D eigenvalue weighted by molar-refractivity contribution is 0.0686. The van der Waals surface area contributed by atoms with Crippen molar-refractivity contribution in [2.75, 3.05) is 0 Å². The number of hydrogen-bond acceptors (Lipinski definition) is 3. The first-order valence-corrected chi connectivity index (χ1v) is 8.25. The van der Waals surface area contributed by atoms with Crippen molar-refractivity contribution >= 4 is 39.7 Å². The number of nitrogens with one attached hydrogen (secondary N) is 1. The monoisotopic (exact) mass is 375 g/mol. The van der Waals surface area contributed by atoms with Crippen LogP contribution >= 0.6 is 0 Å². The lowest BCUT2D eigenvalue weighted by Gasteiger charge is -2.07. The summed E-state index contributed by atoms with van der Waals surface area (Å²) < 4.78 is 0. The van der Waals surface area contributed by atoms with Gasteiger partial charge in [-0.25, -0.2) is 14.4 Å². The predicted molar refractivity (Wildman–Crippen MR) is 102 cm³/mol. The number of carboxylic acids is 3. The van der Waals surface area contributed by atoms with E-state index in [2.05, 4.69) is 4.98 Å². The van der Waals surface area contributed by atoms with Crippen LogP contribution in [0.3, 0.4) is 0 Å². The first kappa shape index (κ1) is 17.3. The van der Waals surface area contributed by atoms with E-state index >= 15 is 0 Å². The Morgan fingerprint density at radius 1 is 0.643 bits per heavy atom. The first-order valence-electron chi connectivity index (χ1n) is 8.25. The van der Waals surface area contributed by atoms with Crippen LogP contribution in [-0.4, -0.2) is 38.2 Å². The molecular weight excluding hydrogens is 362 g/mol. The van der Waals surface area contributed by atoms with Crippen molar-refractivity contribution in [3.8, 4) is 11.1 Å². The molecule has 0 aliphatic rings. The molecule has 4 rings (SSSR count). The van der Waals surface area contributed by atoms with Crippen LogP contribution in [0.5, 0.6) is 0 Å². The number of aromatic amines is 1. The van der Waals surface area contributed by atoms with Crippen molar-refractivity contribution < 1.29 is 29.7 Å². The molecule has 28 heavy (non-hydrogen) atoms. The molecule has 0 saturated carbocycles. The fourth-order valence-corrected chi connectivity index (χ4v) is 3.28. The molecule has 4 N–H and O–H groups in total. The number of carboxylic acid groups (broad SMARTS) is 3. The molecular formula is C21H13NO6. The van der Waals surface area contributed by atoms with Gasteiger partial charge in [-0.05, 0) is 48.0 Å². The number of aromatic carboxylic acids is 3. The Labute approximate surface area is 157 Å². The molecule has 7 nitrogen and oxygen atoms in total. The molecule has 0 aliphatic carbocycles. The third-order valence-corrected chi connectivity index (χ3v) is 4.64. The smallest absolute Gasteiger partial charge is 0.335 e. The highest BCUT2D eigenvalue weighted by atomic mass is 16.4. The molecule has 4 aromatic rings. The van der Waals surface area contributed by atoms with Gasteiger partial charge in [0.25, 0.3) is 0 Å². The highest BCUT2D eigenvalue weighted by Crippen LogP contribution is 2.35. The maximum atomic E-state index is 11.6. The van der Waals surface area contributed by atoms with Crippen LogP contribution in [0.2, 0.25) is 0 Å². The summed E-state index contributed by atoms with van der Waals surface area (Å²) in [6, 6.07) is 13.7. The molecule has 0 bridgehead atoms. The van der Waals surface area contributed by atoms with E-state index in [9.17, 15) is 24.6 Å². The number of hydrogen-bond donors (Lipinski definition) is 4. The lowest BCUT2D eigenvalue weighted by Crippen LogP contribution is -1.98. The lowest BCUT2D eigenvalue weighted by atomic mass is 9.97. The molecule has 0 radical (unpaired) electrons. The van der Waals surface area contributed by atoms with Crippen LogP contribution < -0.4 is 0 Å². The van der Waals surface area contributed by atoms with Gasteiger partial charge in [0.15, 0.2) is 0 Å². The van der Waals surface area contributed by atoms with Gasteiger partial charge in [0.05, 0.1) is 22.2 Å². The molecule has 0 spiro atoms. The van der Waals surface area contributed by atoms with Crippen molar-refractivity contribution in [1.29, 1.82) is 0 Å². The van der Waals surface area contributed by atoms with Crippen molar-refractivity contribution in [3.63, 3.8) is 0 Å². The van der Waals surface area contributed by atoms with Crippen LogP contribution in [-0.2, 0) is 0 Å². The Morgan fingerprint density at radius 3 is 1.82 bits per heavy atom. The molecule has 0 aliphatic heterocycles. The zero-order chi connectivity index (χ0) is 20.0. The summed E-state index contributed by atoms with van der Waals surface area (Å²) in [7, 11) is 0. The summed E-state index contributed by atoms with van der Waals surface area (Å²) in [5, 5.41) is 29.0. The van der Waals surface area contributed by atoms with Crippen LogP contribution in [0.25, 0.3) is 32.9 Å². The van der Waals surface area contributed by atoms with E-state index in [0.29, 0.717) is 32.9 Å². The van der Waals surface area contributed by atoms with Crippen LogP contribution in [0.4, 0.5) is 0 Å². The second-order valence-corrected chi connectivity index (χ2v) is 6.32. The van der Waals surface area contributed by atoms with Gasteiger partial charge in [0.1, 0.15) is 0 Å². The SMILES string of the molecule is O=C(O)c1ccc(-c2cc(C(=O)O)cc3c2[nH]c2ccc(C(=O)O)cc23)cc1. The molecule has 0 unspecified atom stereocenters. The number of carbonyl (C=O) groups is 3. The van der Waals surface area contributed by atoms with E-state index in [-0.39, 0.29) is 16.7 Å². The van der Waals surface area contributed by atoms with Crippen molar-refractivity contribution in [3.05, 3.63) is 71.3 Å². The molecule has 138 valence electrons. The molecule has 0 saturated heterocycles. The maximum Gasteiger partial charge on any atom is 0.335 e. The average Bonchev–Trinajstić information content (AvgIpc) is 3.05. The van der Waals surface area contributed by atoms with E-state index in [1.54, 1.807) is 18.2 Å². The van der Waals surface area contributed by atoms with Crippen LogP contribution in [0.1, 0.15) is 31.1 Å². The first-order chi connectivity index (χ1) is 13.3. The van der Waals surface area contributed by atoms with Gasteiger partial charge < -0.3 is 20.3 Å². The topological polar surface area (TPSA) is 128 Å². The largest absolute Gasteiger partial charge is 0.478 e. The number of rotatable bonds is 4. The standard InChI is InChI=1S/C21H13NO6/c23-19(24)11-3-1-10(2-4-11)14-8-13(21(27)28)9-16-15-7-12(20(25)26)5-6-17(15)22-18(14)16/h1-9,22H,(H,23,24)(H,25,26)(H,27,28). The summed E-state index contributed by atoms with van der Waals surface area (Å²) in [5.74, 6) is -3.24. The van der Waals surface area contributed by atoms with E-state index in [1.165, 1.54) is 36.4 Å². The van der Waals surface area contributed by atoms with Crippen LogP contribution in [0.15, 0.2) is 54.6 Å². The summed E-state index contributed by atoms with van der Waals surface area (Å²) in [4.78, 5) is 37.2. The number of aromatic nitrogens is 1. The Morgan fingerprint density at radius 2 is 1.21 bits per heavy atom. The maximum absolute atomic E-state index is 11.6. The number of fused-ring (bicyclic) bond motifs is 3. The highest BCUT2D eigenvalue weighted by Gasteiger charge is 2.16. The minimum absolute atomic E-state index is 0.0476. The summed E-state index contributed by atoms with van der Waals surface area (Å²) in [6.07, 6.45) is 0. The van der Waals surface area contributed by atoms with Gasteiger partial charge in [0, 0.05) is 21.9 Å². The Bertz CT molecular complexity index is 1280. The second-order valence-electron chi connectivity index (χ2n) is 6.32. The van der Waals surface area contributed by atoms with Gasteiger partial charge in [-0.15, -0.1) is 0 Å². The zero-order valence-corrected chi connectivity index (χ0v) is 14.3. The quantitative estimate of drug-likeness (QED) is 0.425. The molecule has 3 aromatic carbocycles. The highest BCUT2D eigenvalue weighted by molar-refractivity contribution is 6.15. The van der Waals surface area contributed by atoms with Gasteiger partial charge in [-0.1, -0.05) is 12.1 Å². The van der Waals surface area contributed by atoms with Gasteiger partial charge in [0.2, 0.25) is 0 Å². The predicted octanol–water partition coefficient (Wildman–Crippen LogP) is 4.08. The molecule has 0 atom stereocenters. The summed E-state index contributed by atoms with van der Waals surface area (Å²) >= 11 is 0. The van der Waals surface area contributed by atoms with E-state index in [0.717, 1.165) is 0 Å². The van der Waals surface area contributed by atoms with E-state index in [1.807, 2.05) is 0 Å².